The molecule has 1 aliphatic rings. The average molecular weight is 476 g/mol. The molecule has 31 heavy (non-hydrogen) atoms. The predicted octanol–water partition coefficient (Wildman–Crippen LogP) is 4.17. The summed E-state index contributed by atoms with van der Waals surface area (Å²) in [6.45, 7) is 0.347. The van der Waals surface area contributed by atoms with E-state index in [0.717, 1.165) is 21.2 Å². The zero-order valence-electron chi connectivity index (χ0n) is 16.4. The van der Waals surface area contributed by atoms with Gasteiger partial charge in [0.05, 0.1) is 34.5 Å². The van der Waals surface area contributed by atoms with Crippen molar-refractivity contribution in [3.63, 3.8) is 0 Å². The number of aromatic nitrogens is 3. The van der Waals surface area contributed by atoms with Crippen LogP contribution in [0.15, 0.2) is 77.7 Å². The highest BCUT2D eigenvalue weighted by Crippen LogP contribution is 2.31. The van der Waals surface area contributed by atoms with Gasteiger partial charge in [0.15, 0.2) is 0 Å². The van der Waals surface area contributed by atoms with Crippen molar-refractivity contribution in [2.24, 2.45) is 5.92 Å². The predicted molar refractivity (Wildman–Crippen MR) is 122 cm³/mol. The van der Waals surface area contributed by atoms with Crippen molar-refractivity contribution in [1.29, 1.82) is 0 Å². The molecule has 3 heterocycles. The molecule has 4 aromatic rings. The first-order valence-corrected chi connectivity index (χ1v) is 10.6. The summed E-state index contributed by atoms with van der Waals surface area (Å²) in [6.07, 6.45) is 3.52. The van der Waals surface area contributed by atoms with Gasteiger partial charge < -0.3 is 10.2 Å². The van der Waals surface area contributed by atoms with Crippen LogP contribution in [0.2, 0.25) is 0 Å². The van der Waals surface area contributed by atoms with Crippen LogP contribution in [0.1, 0.15) is 6.42 Å². The Morgan fingerprint density at radius 2 is 1.84 bits per heavy atom. The monoisotopic (exact) mass is 475 g/mol. The minimum Gasteiger partial charge on any atom is -0.324 e. The first kappa shape index (κ1) is 19.4. The third-order valence-electron chi connectivity index (χ3n) is 5.35. The number of nitrogens with one attached hydrogen (secondary N) is 1. The van der Waals surface area contributed by atoms with Crippen LogP contribution >= 0.6 is 15.9 Å². The van der Waals surface area contributed by atoms with Gasteiger partial charge in [-0.3, -0.25) is 14.2 Å². The number of pyridine rings is 1. The van der Waals surface area contributed by atoms with E-state index in [2.05, 4.69) is 31.2 Å². The molecule has 1 fully saturated rings. The standard InChI is InChI=1S/C23H18BrN5O2/c24-17-5-1-3-7-19(17)28-13-15(11-22(28)30)23(31)27-16-9-10-21(25-12-16)29-14-26-18-6-2-4-8-20(18)29/h1-10,12,14-15H,11,13H2,(H,27,31). The highest BCUT2D eigenvalue weighted by atomic mass is 79.9. The van der Waals surface area contributed by atoms with Crippen molar-refractivity contribution in [3.05, 3.63) is 77.7 Å². The van der Waals surface area contributed by atoms with E-state index in [1.54, 1.807) is 23.5 Å². The SMILES string of the molecule is O=C(Nc1ccc(-n2cnc3ccccc32)nc1)C1CC(=O)N(c2ccccc2Br)C1. The van der Waals surface area contributed by atoms with Gasteiger partial charge in [-0.1, -0.05) is 24.3 Å². The summed E-state index contributed by atoms with van der Waals surface area (Å²) < 4.78 is 2.72. The molecule has 1 N–H and O–H groups in total. The number of rotatable bonds is 4. The summed E-state index contributed by atoms with van der Waals surface area (Å²) in [5.74, 6) is 0.0396. The molecular formula is C23H18BrN5O2. The Balaban J connectivity index is 1.29. The number of anilines is 2. The number of hydrogen-bond donors (Lipinski definition) is 1. The molecule has 1 atom stereocenters. The Morgan fingerprint density at radius 3 is 2.65 bits per heavy atom. The Kier molecular flexibility index (Phi) is 4.99. The molecule has 0 bridgehead atoms. The summed E-state index contributed by atoms with van der Waals surface area (Å²) in [4.78, 5) is 35.7. The molecule has 2 aromatic carbocycles. The number of carbonyl (C=O) groups excluding carboxylic acids is 2. The number of halogens is 1. The molecule has 154 valence electrons. The maximum atomic E-state index is 12.8. The van der Waals surface area contributed by atoms with Crippen molar-refractivity contribution < 1.29 is 9.59 Å². The van der Waals surface area contributed by atoms with Crippen LogP contribution in [0, 0.1) is 5.92 Å². The summed E-state index contributed by atoms with van der Waals surface area (Å²) in [7, 11) is 0. The Morgan fingerprint density at radius 1 is 1.03 bits per heavy atom. The minimum atomic E-state index is -0.420. The van der Waals surface area contributed by atoms with Crippen molar-refractivity contribution in [3.8, 4) is 5.82 Å². The zero-order chi connectivity index (χ0) is 21.4. The number of para-hydroxylation sites is 3. The van der Waals surface area contributed by atoms with Gasteiger partial charge in [0.25, 0.3) is 0 Å². The lowest BCUT2D eigenvalue weighted by Gasteiger charge is -2.18. The number of nitrogens with zero attached hydrogens (tertiary/aromatic N) is 4. The number of carbonyl (C=O) groups is 2. The lowest BCUT2D eigenvalue weighted by molar-refractivity contribution is -0.122. The van der Waals surface area contributed by atoms with E-state index in [0.29, 0.717) is 18.1 Å². The fraction of sp³-hybridized carbons (Fsp3) is 0.130. The summed E-state index contributed by atoms with van der Waals surface area (Å²) in [5.41, 5.74) is 3.22. The van der Waals surface area contributed by atoms with Crippen molar-refractivity contribution >= 4 is 50.2 Å². The van der Waals surface area contributed by atoms with Gasteiger partial charge in [-0.05, 0) is 52.3 Å². The van der Waals surface area contributed by atoms with Gasteiger partial charge in [-0.15, -0.1) is 0 Å². The Hall–Kier alpha value is -3.52. The van der Waals surface area contributed by atoms with Crippen LogP contribution < -0.4 is 10.2 Å². The maximum Gasteiger partial charge on any atom is 0.229 e. The average Bonchev–Trinajstić information content (AvgIpc) is 3.39. The Bertz CT molecular complexity index is 1280. The van der Waals surface area contributed by atoms with Gasteiger partial charge in [0, 0.05) is 17.4 Å². The number of imidazole rings is 1. The molecule has 0 saturated carbocycles. The second kappa shape index (κ2) is 7.96. The third kappa shape index (κ3) is 3.70. The first-order chi connectivity index (χ1) is 15.1. The topological polar surface area (TPSA) is 80.1 Å². The Labute approximate surface area is 186 Å². The maximum absolute atomic E-state index is 12.8. The zero-order valence-corrected chi connectivity index (χ0v) is 18.0. The van der Waals surface area contributed by atoms with Crippen LogP contribution in [-0.2, 0) is 9.59 Å². The molecule has 7 nitrogen and oxygen atoms in total. The number of hydrogen-bond acceptors (Lipinski definition) is 4. The molecule has 0 radical (unpaired) electrons. The largest absolute Gasteiger partial charge is 0.324 e. The quantitative estimate of drug-likeness (QED) is 0.480. The second-order valence-corrected chi connectivity index (χ2v) is 8.21. The summed E-state index contributed by atoms with van der Waals surface area (Å²) in [6, 6.07) is 19.0. The van der Waals surface area contributed by atoms with E-state index in [-0.39, 0.29) is 18.2 Å². The van der Waals surface area contributed by atoms with E-state index < -0.39 is 5.92 Å². The van der Waals surface area contributed by atoms with E-state index in [4.69, 9.17) is 0 Å². The van der Waals surface area contributed by atoms with Crippen LogP contribution in [-0.4, -0.2) is 32.9 Å². The third-order valence-corrected chi connectivity index (χ3v) is 6.03. The van der Waals surface area contributed by atoms with Crippen LogP contribution in [0.4, 0.5) is 11.4 Å². The van der Waals surface area contributed by atoms with Crippen molar-refractivity contribution in [2.45, 2.75) is 6.42 Å². The van der Waals surface area contributed by atoms with Gasteiger partial charge in [0.2, 0.25) is 11.8 Å². The number of fused-ring (bicyclic) bond motifs is 1. The van der Waals surface area contributed by atoms with Crippen molar-refractivity contribution in [1.82, 2.24) is 14.5 Å². The molecule has 5 rings (SSSR count). The lowest BCUT2D eigenvalue weighted by atomic mass is 10.1. The van der Waals surface area contributed by atoms with Crippen LogP contribution in [0.25, 0.3) is 16.9 Å². The molecule has 2 amide bonds. The number of amides is 2. The molecule has 0 spiro atoms. The van der Waals surface area contributed by atoms with Crippen molar-refractivity contribution in [2.75, 3.05) is 16.8 Å². The highest BCUT2D eigenvalue weighted by Gasteiger charge is 2.35. The molecular weight excluding hydrogens is 458 g/mol. The second-order valence-electron chi connectivity index (χ2n) is 7.35. The van der Waals surface area contributed by atoms with E-state index in [1.165, 1.54) is 0 Å². The fourth-order valence-electron chi connectivity index (χ4n) is 3.78. The molecule has 1 unspecified atom stereocenters. The van der Waals surface area contributed by atoms with Crippen LogP contribution in [0.5, 0.6) is 0 Å². The van der Waals surface area contributed by atoms with E-state index >= 15 is 0 Å². The molecule has 2 aromatic heterocycles. The number of benzene rings is 2. The fourth-order valence-corrected chi connectivity index (χ4v) is 4.27. The molecule has 1 aliphatic heterocycles. The van der Waals surface area contributed by atoms with Crippen LogP contribution in [0.3, 0.4) is 0 Å². The molecule has 0 aliphatic carbocycles. The molecule has 8 heteroatoms. The van der Waals surface area contributed by atoms with E-state index in [1.807, 2.05) is 59.2 Å². The van der Waals surface area contributed by atoms with Gasteiger partial charge in [0.1, 0.15) is 12.1 Å². The lowest BCUT2D eigenvalue weighted by Crippen LogP contribution is -2.28. The molecule has 1 saturated heterocycles. The minimum absolute atomic E-state index is 0.0625. The summed E-state index contributed by atoms with van der Waals surface area (Å²) in [5, 5.41) is 2.88. The first-order valence-electron chi connectivity index (χ1n) is 9.84. The van der Waals surface area contributed by atoms with Gasteiger partial charge in [-0.2, -0.15) is 0 Å². The normalized spacial score (nSPS) is 16.1. The summed E-state index contributed by atoms with van der Waals surface area (Å²) >= 11 is 3.47. The van der Waals surface area contributed by atoms with Gasteiger partial charge >= 0.3 is 0 Å². The van der Waals surface area contributed by atoms with E-state index in [9.17, 15) is 9.59 Å². The highest BCUT2D eigenvalue weighted by molar-refractivity contribution is 9.10. The van der Waals surface area contributed by atoms with Gasteiger partial charge in [-0.25, -0.2) is 9.97 Å². The smallest absolute Gasteiger partial charge is 0.229 e.